The van der Waals surface area contributed by atoms with Gasteiger partial charge >= 0.3 is 0 Å². The van der Waals surface area contributed by atoms with Crippen molar-refractivity contribution >= 4 is 0 Å². The summed E-state index contributed by atoms with van der Waals surface area (Å²) < 4.78 is 0. The molecule has 0 unspecified atom stereocenters. The van der Waals surface area contributed by atoms with Crippen molar-refractivity contribution in [3.8, 4) is 5.75 Å². The van der Waals surface area contributed by atoms with E-state index in [1.165, 1.54) is 0 Å². The molecule has 14 heavy (non-hydrogen) atoms. The molecule has 0 fully saturated rings. The fourth-order valence-corrected chi connectivity index (χ4v) is 1.62. The average Bonchev–Trinajstić information content (AvgIpc) is 2.07. The molecule has 0 radical (unpaired) electrons. The Labute approximate surface area is 85.2 Å². The van der Waals surface area contributed by atoms with Crippen LogP contribution in [0, 0.1) is 5.41 Å². The molecule has 0 heterocycles. The molecule has 0 aromatic heterocycles. The van der Waals surface area contributed by atoms with Crippen LogP contribution in [0.1, 0.15) is 32.3 Å². The van der Waals surface area contributed by atoms with E-state index in [9.17, 15) is 10.2 Å². The van der Waals surface area contributed by atoms with Gasteiger partial charge in [0.05, 0.1) is 6.61 Å². The van der Waals surface area contributed by atoms with E-state index >= 15 is 0 Å². The number of aromatic hydroxyl groups is 1. The minimum atomic E-state index is -0.0480. The number of hydrogen-bond donors (Lipinski definition) is 2. The second-order valence-electron chi connectivity index (χ2n) is 4.66. The minimum absolute atomic E-state index is 0.0244. The van der Waals surface area contributed by atoms with Crippen LogP contribution in [0.4, 0.5) is 0 Å². The summed E-state index contributed by atoms with van der Waals surface area (Å²) in [6.45, 7) is 6.22. The lowest BCUT2D eigenvalue weighted by molar-refractivity contribution is 0.184. The van der Waals surface area contributed by atoms with Gasteiger partial charge in [0.2, 0.25) is 0 Å². The van der Waals surface area contributed by atoms with Crippen molar-refractivity contribution in [2.75, 3.05) is 6.61 Å². The summed E-state index contributed by atoms with van der Waals surface area (Å²) in [5, 5.41) is 19.0. The Kier molecular flexibility index (Phi) is 3.17. The van der Waals surface area contributed by atoms with Crippen LogP contribution in [-0.4, -0.2) is 16.8 Å². The smallest absolute Gasteiger partial charge is 0.119 e. The van der Waals surface area contributed by atoms with Gasteiger partial charge in [0.1, 0.15) is 5.75 Å². The van der Waals surface area contributed by atoms with Gasteiger partial charge in [-0.25, -0.2) is 0 Å². The van der Waals surface area contributed by atoms with Crippen molar-refractivity contribution in [2.24, 2.45) is 5.41 Å². The molecule has 0 saturated heterocycles. The summed E-state index contributed by atoms with van der Waals surface area (Å²) in [7, 11) is 0. The first kappa shape index (κ1) is 11.1. The van der Waals surface area contributed by atoms with Crippen molar-refractivity contribution in [1.29, 1.82) is 0 Å². The fraction of sp³-hybridized carbons (Fsp3) is 0.500. The summed E-state index contributed by atoms with van der Waals surface area (Å²) in [6.07, 6.45) is 0. The average molecular weight is 194 g/mol. The van der Waals surface area contributed by atoms with Gasteiger partial charge in [0.15, 0.2) is 0 Å². The normalized spacial score (nSPS) is 14.0. The Morgan fingerprint density at radius 3 is 2.21 bits per heavy atom. The van der Waals surface area contributed by atoms with E-state index in [0.29, 0.717) is 0 Å². The van der Waals surface area contributed by atoms with Gasteiger partial charge < -0.3 is 10.2 Å². The molecular weight excluding hydrogens is 176 g/mol. The number of phenols is 1. The van der Waals surface area contributed by atoms with Gasteiger partial charge in [0.25, 0.3) is 0 Å². The summed E-state index contributed by atoms with van der Waals surface area (Å²) in [5.41, 5.74) is 0.774. The molecule has 1 atom stereocenters. The molecule has 2 N–H and O–H groups in total. The van der Waals surface area contributed by atoms with Crippen LogP contribution in [0.25, 0.3) is 0 Å². The van der Waals surface area contributed by atoms with E-state index in [0.717, 1.165) is 5.56 Å². The molecule has 2 heteroatoms. The summed E-state index contributed by atoms with van der Waals surface area (Å²) >= 11 is 0. The molecule has 1 aromatic rings. The molecule has 0 spiro atoms. The van der Waals surface area contributed by atoms with Crippen molar-refractivity contribution < 1.29 is 10.2 Å². The Bertz CT molecular complexity index is 299. The maximum Gasteiger partial charge on any atom is 0.119 e. The highest BCUT2D eigenvalue weighted by Gasteiger charge is 2.27. The molecule has 0 saturated carbocycles. The van der Waals surface area contributed by atoms with Crippen molar-refractivity contribution in [3.63, 3.8) is 0 Å². The molecule has 1 rings (SSSR count). The molecule has 2 nitrogen and oxygen atoms in total. The van der Waals surface area contributed by atoms with E-state index in [2.05, 4.69) is 20.8 Å². The lowest BCUT2D eigenvalue weighted by atomic mass is 9.77. The predicted octanol–water partition coefficient (Wildman–Crippen LogP) is 2.51. The van der Waals surface area contributed by atoms with E-state index < -0.39 is 0 Å². The summed E-state index contributed by atoms with van der Waals surface area (Å²) in [5.74, 6) is 0.241. The molecule has 0 aliphatic rings. The van der Waals surface area contributed by atoms with Crippen molar-refractivity contribution in [1.82, 2.24) is 0 Å². The Balaban J connectivity index is 3.08. The first-order valence-electron chi connectivity index (χ1n) is 4.85. The number of para-hydroxylation sites is 1. The number of rotatable bonds is 2. The molecule has 0 aliphatic carbocycles. The second-order valence-corrected chi connectivity index (χ2v) is 4.66. The van der Waals surface area contributed by atoms with Gasteiger partial charge in [-0.2, -0.15) is 0 Å². The molecule has 1 aromatic carbocycles. The number of phenolic OH excluding ortho intramolecular Hbond substituents is 1. The Morgan fingerprint density at radius 1 is 1.21 bits per heavy atom. The molecular formula is C12H18O2. The van der Waals surface area contributed by atoms with Gasteiger partial charge in [0, 0.05) is 5.92 Å². The van der Waals surface area contributed by atoms with Gasteiger partial charge in [-0.1, -0.05) is 39.0 Å². The fourth-order valence-electron chi connectivity index (χ4n) is 1.62. The zero-order chi connectivity index (χ0) is 10.8. The second kappa shape index (κ2) is 4.01. The highest BCUT2D eigenvalue weighted by molar-refractivity contribution is 5.35. The zero-order valence-electron chi connectivity index (χ0n) is 8.99. The molecule has 0 bridgehead atoms. The van der Waals surface area contributed by atoms with Crippen LogP contribution in [0.2, 0.25) is 0 Å². The van der Waals surface area contributed by atoms with Gasteiger partial charge in [-0.3, -0.25) is 0 Å². The third-order valence-electron chi connectivity index (χ3n) is 2.54. The SMILES string of the molecule is CC(C)(C)[C@H](CO)c1ccccc1O. The maximum absolute atomic E-state index is 9.66. The van der Waals surface area contributed by atoms with Crippen LogP contribution in [0.15, 0.2) is 24.3 Å². The van der Waals surface area contributed by atoms with Crippen molar-refractivity contribution in [3.05, 3.63) is 29.8 Å². The highest BCUT2D eigenvalue weighted by atomic mass is 16.3. The standard InChI is InChI=1S/C12H18O2/c1-12(2,3)10(8-13)9-6-4-5-7-11(9)14/h4-7,10,13-14H,8H2,1-3H3/t10-/m1/s1. The number of aliphatic hydroxyl groups excluding tert-OH is 1. The monoisotopic (exact) mass is 194 g/mol. The first-order chi connectivity index (χ1) is 6.46. The number of benzene rings is 1. The number of hydrogen-bond acceptors (Lipinski definition) is 2. The Hall–Kier alpha value is -1.02. The summed E-state index contributed by atoms with van der Waals surface area (Å²) in [4.78, 5) is 0. The maximum atomic E-state index is 9.66. The lowest BCUT2D eigenvalue weighted by Gasteiger charge is -2.29. The summed E-state index contributed by atoms with van der Waals surface area (Å²) in [6, 6.07) is 7.19. The van der Waals surface area contributed by atoms with Gasteiger partial charge in [-0.15, -0.1) is 0 Å². The van der Waals surface area contributed by atoms with E-state index in [1.807, 2.05) is 12.1 Å². The molecule has 0 aliphatic heterocycles. The van der Waals surface area contributed by atoms with Crippen LogP contribution in [0.3, 0.4) is 0 Å². The van der Waals surface area contributed by atoms with Gasteiger partial charge in [-0.05, 0) is 17.0 Å². The highest BCUT2D eigenvalue weighted by Crippen LogP contribution is 2.38. The molecule has 0 amide bonds. The third-order valence-corrected chi connectivity index (χ3v) is 2.54. The van der Waals surface area contributed by atoms with Crippen LogP contribution in [-0.2, 0) is 0 Å². The largest absolute Gasteiger partial charge is 0.508 e. The lowest BCUT2D eigenvalue weighted by Crippen LogP contribution is -2.21. The van der Waals surface area contributed by atoms with Crippen LogP contribution >= 0.6 is 0 Å². The van der Waals surface area contributed by atoms with Crippen LogP contribution in [0.5, 0.6) is 5.75 Å². The zero-order valence-corrected chi connectivity index (χ0v) is 8.99. The third kappa shape index (κ3) is 2.26. The topological polar surface area (TPSA) is 40.5 Å². The van der Waals surface area contributed by atoms with E-state index in [4.69, 9.17) is 0 Å². The molecule has 78 valence electrons. The van der Waals surface area contributed by atoms with E-state index in [-0.39, 0.29) is 23.7 Å². The van der Waals surface area contributed by atoms with Crippen LogP contribution < -0.4 is 0 Å². The number of aliphatic hydroxyl groups is 1. The minimum Gasteiger partial charge on any atom is -0.508 e. The first-order valence-corrected chi connectivity index (χ1v) is 4.85. The quantitative estimate of drug-likeness (QED) is 0.759. The predicted molar refractivity (Wildman–Crippen MR) is 57.4 cm³/mol. The van der Waals surface area contributed by atoms with Crippen molar-refractivity contribution in [2.45, 2.75) is 26.7 Å². The van der Waals surface area contributed by atoms with E-state index in [1.54, 1.807) is 12.1 Å². The Morgan fingerprint density at radius 2 is 1.79 bits per heavy atom.